The summed E-state index contributed by atoms with van der Waals surface area (Å²) in [5.74, 6) is -4.50. The molecule has 24 heavy (non-hydrogen) atoms. The molecule has 1 aromatic heterocycles. The molecule has 126 valence electrons. The molecule has 0 aliphatic carbocycles. The molecule has 0 radical (unpaired) electrons. The van der Waals surface area contributed by atoms with Gasteiger partial charge in [-0.05, 0) is 43.5 Å². The summed E-state index contributed by atoms with van der Waals surface area (Å²) in [4.78, 5) is 14.1. The SMILES string of the molecule is O=C(Nc1ccc(F)c(F)c1F)c1ccc(N2CCCCC2)nn1. The van der Waals surface area contributed by atoms with Crippen molar-refractivity contribution >= 4 is 17.4 Å². The fraction of sp³-hybridized carbons (Fsp3) is 0.312. The lowest BCUT2D eigenvalue weighted by atomic mass is 10.1. The number of anilines is 2. The van der Waals surface area contributed by atoms with Crippen LogP contribution in [0.5, 0.6) is 0 Å². The van der Waals surface area contributed by atoms with Crippen LogP contribution in [0, 0.1) is 17.5 Å². The molecule has 1 amide bonds. The van der Waals surface area contributed by atoms with E-state index in [0.29, 0.717) is 5.82 Å². The van der Waals surface area contributed by atoms with Gasteiger partial charge in [0.1, 0.15) is 0 Å². The summed E-state index contributed by atoms with van der Waals surface area (Å²) in [5.41, 5.74) is -0.499. The molecule has 1 saturated heterocycles. The Morgan fingerprint density at radius 1 is 0.958 bits per heavy atom. The zero-order chi connectivity index (χ0) is 17.1. The summed E-state index contributed by atoms with van der Waals surface area (Å²) in [5, 5.41) is 9.99. The highest BCUT2D eigenvalue weighted by Gasteiger charge is 2.18. The second-order valence-corrected chi connectivity index (χ2v) is 5.50. The largest absolute Gasteiger partial charge is 0.355 e. The van der Waals surface area contributed by atoms with Gasteiger partial charge in [-0.25, -0.2) is 13.2 Å². The number of carbonyl (C=O) groups excluding carboxylic acids is 1. The second kappa shape index (κ2) is 6.86. The van der Waals surface area contributed by atoms with Crippen molar-refractivity contribution in [3.8, 4) is 0 Å². The van der Waals surface area contributed by atoms with Gasteiger partial charge >= 0.3 is 0 Å². The number of rotatable bonds is 3. The third-order valence-electron chi connectivity index (χ3n) is 3.85. The van der Waals surface area contributed by atoms with E-state index in [1.54, 1.807) is 6.07 Å². The average Bonchev–Trinajstić information content (AvgIpc) is 2.63. The number of aromatic nitrogens is 2. The van der Waals surface area contributed by atoms with Crippen molar-refractivity contribution in [1.82, 2.24) is 10.2 Å². The zero-order valence-corrected chi connectivity index (χ0v) is 12.7. The molecule has 3 rings (SSSR count). The monoisotopic (exact) mass is 336 g/mol. The van der Waals surface area contributed by atoms with Gasteiger partial charge in [-0.1, -0.05) is 0 Å². The first kappa shape index (κ1) is 16.2. The van der Waals surface area contributed by atoms with E-state index in [4.69, 9.17) is 0 Å². The van der Waals surface area contributed by atoms with Crippen molar-refractivity contribution in [1.29, 1.82) is 0 Å². The van der Waals surface area contributed by atoms with Crippen LogP contribution in [0.4, 0.5) is 24.7 Å². The van der Waals surface area contributed by atoms with Crippen molar-refractivity contribution in [2.24, 2.45) is 0 Å². The number of amides is 1. The van der Waals surface area contributed by atoms with Crippen LogP contribution in [-0.4, -0.2) is 29.2 Å². The molecule has 2 heterocycles. The number of benzene rings is 1. The highest BCUT2D eigenvalue weighted by Crippen LogP contribution is 2.21. The van der Waals surface area contributed by atoms with Crippen LogP contribution in [0.3, 0.4) is 0 Å². The van der Waals surface area contributed by atoms with Crippen LogP contribution >= 0.6 is 0 Å². The smallest absolute Gasteiger partial charge is 0.276 e. The van der Waals surface area contributed by atoms with E-state index in [-0.39, 0.29) is 5.69 Å². The molecule has 1 N–H and O–H groups in total. The summed E-state index contributed by atoms with van der Waals surface area (Å²) in [6.07, 6.45) is 3.35. The molecule has 1 aliphatic heterocycles. The number of halogens is 3. The predicted octanol–water partition coefficient (Wildman–Crippen LogP) is 3.14. The first-order valence-electron chi connectivity index (χ1n) is 7.60. The minimum Gasteiger partial charge on any atom is -0.355 e. The van der Waals surface area contributed by atoms with Gasteiger partial charge < -0.3 is 10.2 Å². The quantitative estimate of drug-likeness (QED) is 0.875. The van der Waals surface area contributed by atoms with Crippen LogP contribution in [0.15, 0.2) is 24.3 Å². The normalized spacial score (nSPS) is 14.5. The van der Waals surface area contributed by atoms with Crippen LogP contribution < -0.4 is 10.2 Å². The van der Waals surface area contributed by atoms with E-state index in [1.165, 1.54) is 12.5 Å². The van der Waals surface area contributed by atoms with Crippen molar-refractivity contribution in [2.45, 2.75) is 19.3 Å². The first-order valence-corrected chi connectivity index (χ1v) is 7.60. The molecule has 8 heteroatoms. The van der Waals surface area contributed by atoms with Crippen molar-refractivity contribution in [2.75, 3.05) is 23.3 Å². The van der Waals surface area contributed by atoms with E-state index < -0.39 is 29.0 Å². The molecule has 0 atom stereocenters. The minimum absolute atomic E-state index is 0.0418. The number of hydrogen-bond donors (Lipinski definition) is 1. The minimum atomic E-state index is -1.64. The van der Waals surface area contributed by atoms with Crippen LogP contribution in [0.25, 0.3) is 0 Å². The molecule has 5 nitrogen and oxygen atoms in total. The van der Waals surface area contributed by atoms with Gasteiger partial charge in [-0.3, -0.25) is 4.79 Å². The van der Waals surface area contributed by atoms with Gasteiger partial charge in [0.15, 0.2) is 29.0 Å². The van der Waals surface area contributed by atoms with Crippen molar-refractivity contribution in [3.05, 3.63) is 47.4 Å². The van der Waals surface area contributed by atoms with Crippen LogP contribution in [0.2, 0.25) is 0 Å². The van der Waals surface area contributed by atoms with Gasteiger partial charge in [-0.2, -0.15) is 0 Å². The van der Waals surface area contributed by atoms with Gasteiger partial charge in [-0.15, -0.1) is 10.2 Å². The standard InChI is InChI=1S/C16H15F3N4O/c17-10-4-5-11(15(19)14(10)18)20-16(24)12-6-7-13(22-21-12)23-8-2-1-3-9-23/h4-7H,1-3,8-9H2,(H,20,24). The fourth-order valence-electron chi connectivity index (χ4n) is 2.55. The Morgan fingerprint density at radius 3 is 2.38 bits per heavy atom. The average molecular weight is 336 g/mol. The van der Waals surface area contributed by atoms with Crippen LogP contribution in [0.1, 0.15) is 29.8 Å². The number of carbonyl (C=O) groups is 1. The third-order valence-corrected chi connectivity index (χ3v) is 3.85. The van der Waals surface area contributed by atoms with E-state index in [0.717, 1.165) is 38.1 Å². The summed E-state index contributed by atoms with van der Waals surface area (Å²) >= 11 is 0. The van der Waals surface area contributed by atoms with Gasteiger partial charge in [0, 0.05) is 13.1 Å². The highest BCUT2D eigenvalue weighted by atomic mass is 19.2. The van der Waals surface area contributed by atoms with Gasteiger partial charge in [0.05, 0.1) is 5.69 Å². The Labute approximate surface area is 136 Å². The Hall–Kier alpha value is -2.64. The lowest BCUT2D eigenvalue weighted by Crippen LogP contribution is -2.30. The summed E-state index contributed by atoms with van der Waals surface area (Å²) in [6, 6.07) is 4.80. The molecule has 2 aromatic rings. The molecule has 0 unspecified atom stereocenters. The number of hydrogen-bond acceptors (Lipinski definition) is 4. The van der Waals surface area contributed by atoms with Gasteiger partial charge in [0.2, 0.25) is 0 Å². The van der Waals surface area contributed by atoms with E-state index in [9.17, 15) is 18.0 Å². The van der Waals surface area contributed by atoms with Crippen molar-refractivity contribution in [3.63, 3.8) is 0 Å². The van der Waals surface area contributed by atoms with Crippen molar-refractivity contribution < 1.29 is 18.0 Å². The Balaban J connectivity index is 1.72. The summed E-state index contributed by atoms with van der Waals surface area (Å²) < 4.78 is 39.6. The van der Waals surface area contributed by atoms with Gasteiger partial charge in [0.25, 0.3) is 5.91 Å². The second-order valence-electron chi connectivity index (χ2n) is 5.50. The van der Waals surface area contributed by atoms with E-state index >= 15 is 0 Å². The molecule has 0 spiro atoms. The lowest BCUT2D eigenvalue weighted by Gasteiger charge is -2.27. The molecular weight excluding hydrogens is 321 g/mol. The maximum atomic E-state index is 13.6. The Bertz CT molecular complexity index is 746. The number of nitrogens with one attached hydrogen (secondary N) is 1. The topological polar surface area (TPSA) is 58.1 Å². The molecule has 1 aromatic carbocycles. The molecular formula is C16H15F3N4O. The first-order chi connectivity index (χ1) is 11.6. The van der Waals surface area contributed by atoms with E-state index in [1.807, 2.05) is 0 Å². The fourth-order valence-corrected chi connectivity index (χ4v) is 2.55. The number of piperidine rings is 1. The molecule has 1 aliphatic rings. The zero-order valence-electron chi connectivity index (χ0n) is 12.7. The lowest BCUT2D eigenvalue weighted by molar-refractivity contribution is 0.102. The maximum Gasteiger partial charge on any atom is 0.276 e. The predicted molar refractivity (Wildman–Crippen MR) is 82.4 cm³/mol. The number of nitrogens with zero attached hydrogens (tertiary/aromatic N) is 3. The van der Waals surface area contributed by atoms with E-state index in [2.05, 4.69) is 20.4 Å². The molecule has 0 bridgehead atoms. The third kappa shape index (κ3) is 3.32. The summed E-state index contributed by atoms with van der Waals surface area (Å²) in [6.45, 7) is 1.78. The molecule has 1 fully saturated rings. The summed E-state index contributed by atoms with van der Waals surface area (Å²) in [7, 11) is 0. The van der Waals surface area contributed by atoms with Crippen LogP contribution in [-0.2, 0) is 0 Å². The maximum absolute atomic E-state index is 13.6. The highest BCUT2D eigenvalue weighted by molar-refractivity contribution is 6.02. The molecule has 0 saturated carbocycles. The Morgan fingerprint density at radius 2 is 1.71 bits per heavy atom. The Kier molecular flexibility index (Phi) is 4.64.